The van der Waals surface area contributed by atoms with E-state index < -0.39 is 6.04 Å². The predicted molar refractivity (Wildman–Crippen MR) is 147 cm³/mol. The molecule has 1 atom stereocenters. The molecule has 0 aliphatic carbocycles. The molecule has 0 saturated heterocycles. The fraction of sp³-hybridized carbons (Fsp3) is 0.219. The molecule has 0 aliphatic heterocycles. The van der Waals surface area contributed by atoms with Crippen LogP contribution >= 0.6 is 0 Å². The molecular weight excluding hydrogens is 479 g/mol. The maximum Gasteiger partial charge on any atom is 0.235 e. The van der Waals surface area contributed by atoms with Crippen molar-refractivity contribution in [3.8, 4) is 11.5 Å². The molecule has 0 heterocycles. The molecule has 0 aromatic heterocycles. The number of carbonyl (C=O) groups excluding carboxylic acids is 1. The molecule has 2 N–H and O–H groups in total. The quantitative estimate of drug-likeness (QED) is 0.255. The Bertz CT molecular complexity index is 1310. The molecule has 6 heteroatoms. The summed E-state index contributed by atoms with van der Waals surface area (Å²) in [7, 11) is 1.60. The van der Waals surface area contributed by atoms with Crippen molar-refractivity contribution in [2.45, 2.75) is 32.0 Å². The van der Waals surface area contributed by atoms with Gasteiger partial charge in [0.1, 0.15) is 12.4 Å². The van der Waals surface area contributed by atoms with E-state index in [2.05, 4.69) is 17.0 Å². The van der Waals surface area contributed by atoms with E-state index in [0.29, 0.717) is 37.4 Å². The molecule has 0 bridgehead atoms. The molecule has 0 aliphatic rings. The molecule has 196 valence electrons. The molecule has 1 unspecified atom stereocenters. The number of nitrogens with two attached hydrogens (primary N) is 1. The number of nitrogens with zero attached hydrogens (tertiary/aromatic N) is 1. The lowest BCUT2D eigenvalue weighted by Gasteiger charge is -2.30. The standard InChI is InChI=1S/C32H33FN2O3/c1-37-31-21-25(15-16-30(31)38-23-27-13-8-14-28(33)19-27)17-18-35(22-26-11-6-3-7-12-26)29(32(34)36)20-24-9-4-2-5-10-24/h2-16,19,21,29H,17-18,20,22-23H2,1H3,(H2,34,36). The van der Waals surface area contributed by atoms with Crippen LogP contribution in [0.2, 0.25) is 0 Å². The lowest BCUT2D eigenvalue weighted by Crippen LogP contribution is -2.46. The number of benzene rings is 4. The number of primary amides is 1. The minimum Gasteiger partial charge on any atom is -0.493 e. The van der Waals surface area contributed by atoms with Crippen LogP contribution in [0.5, 0.6) is 11.5 Å². The summed E-state index contributed by atoms with van der Waals surface area (Å²) in [5.41, 5.74) is 9.89. The van der Waals surface area contributed by atoms with Crippen LogP contribution in [-0.2, 0) is 30.8 Å². The van der Waals surface area contributed by atoms with Gasteiger partial charge in [-0.2, -0.15) is 0 Å². The van der Waals surface area contributed by atoms with Gasteiger partial charge in [0, 0.05) is 13.1 Å². The summed E-state index contributed by atoms with van der Waals surface area (Å²) < 4.78 is 25.0. The van der Waals surface area contributed by atoms with Gasteiger partial charge in [-0.05, 0) is 59.4 Å². The van der Waals surface area contributed by atoms with Crippen LogP contribution in [0, 0.1) is 5.82 Å². The maximum atomic E-state index is 13.5. The number of hydrogen-bond donors (Lipinski definition) is 1. The third-order valence-electron chi connectivity index (χ3n) is 6.47. The van der Waals surface area contributed by atoms with E-state index in [4.69, 9.17) is 15.2 Å². The van der Waals surface area contributed by atoms with Gasteiger partial charge in [0.15, 0.2) is 11.5 Å². The normalized spacial score (nSPS) is 11.8. The lowest BCUT2D eigenvalue weighted by molar-refractivity contribution is -0.123. The van der Waals surface area contributed by atoms with Gasteiger partial charge >= 0.3 is 0 Å². The van der Waals surface area contributed by atoms with E-state index in [9.17, 15) is 9.18 Å². The highest BCUT2D eigenvalue weighted by Gasteiger charge is 2.24. The average Bonchev–Trinajstić information content (AvgIpc) is 2.94. The van der Waals surface area contributed by atoms with Gasteiger partial charge in [0.25, 0.3) is 0 Å². The second-order valence-electron chi connectivity index (χ2n) is 9.22. The Hall–Kier alpha value is -4.16. The number of hydrogen-bond acceptors (Lipinski definition) is 4. The van der Waals surface area contributed by atoms with Gasteiger partial charge in [-0.3, -0.25) is 9.69 Å². The second kappa shape index (κ2) is 13.4. The topological polar surface area (TPSA) is 64.8 Å². The predicted octanol–water partition coefficient (Wildman–Crippen LogP) is 5.55. The van der Waals surface area contributed by atoms with Crippen LogP contribution in [0.25, 0.3) is 0 Å². The summed E-state index contributed by atoms with van der Waals surface area (Å²) in [5, 5.41) is 0. The molecule has 5 nitrogen and oxygen atoms in total. The molecule has 0 saturated carbocycles. The number of ether oxygens (including phenoxy) is 2. The first-order valence-corrected chi connectivity index (χ1v) is 12.7. The van der Waals surface area contributed by atoms with E-state index in [1.807, 2.05) is 72.8 Å². The van der Waals surface area contributed by atoms with Crippen LogP contribution < -0.4 is 15.2 Å². The zero-order valence-electron chi connectivity index (χ0n) is 21.6. The first-order chi connectivity index (χ1) is 18.5. The Kier molecular flexibility index (Phi) is 9.48. The number of carbonyl (C=O) groups is 1. The van der Waals surface area contributed by atoms with Crippen molar-refractivity contribution < 1.29 is 18.7 Å². The van der Waals surface area contributed by atoms with Gasteiger partial charge in [-0.15, -0.1) is 0 Å². The first-order valence-electron chi connectivity index (χ1n) is 12.7. The first kappa shape index (κ1) is 26.9. The molecule has 4 rings (SSSR count). The van der Waals surface area contributed by atoms with Crippen molar-refractivity contribution in [3.05, 3.63) is 131 Å². The number of halogens is 1. The van der Waals surface area contributed by atoms with Crippen LogP contribution in [0.4, 0.5) is 4.39 Å². The summed E-state index contributed by atoms with van der Waals surface area (Å²) in [6, 6.07) is 31.7. The molecule has 0 fully saturated rings. The Morgan fingerprint density at radius 3 is 2.16 bits per heavy atom. The Morgan fingerprint density at radius 1 is 0.816 bits per heavy atom. The zero-order valence-corrected chi connectivity index (χ0v) is 21.6. The molecule has 1 amide bonds. The Balaban J connectivity index is 1.49. The van der Waals surface area contributed by atoms with Crippen molar-refractivity contribution in [1.29, 1.82) is 0 Å². The summed E-state index contributed by atoms with van der Waals surface area (Å²) in [6.45, 7) is 1.47. The zero-order chi connectivity index (χ0) is 26.7. The van der Waals surface area contributed by atoms with Gasteiger partial charge in [-0.1, -0.05) is 78.9 Å². The highest BCUT2D eigenvalue weighted by molar-refractivity contribution is 5.80. The highest BCUT2D eigenvalue weighted by Crippen LogP contribution is 2.29. The summed E-state index contributed by atoms with van der Waals surface area (Å²) >= 11 is 0. The van der Waals surface area contributed by atoms with Gasteiger partial charge < -0.3 is 15.2 Å². The third-order valence-corrected chi connectivity index (χ3v) is 6.47. The van der Waals surface area contributed by atoms with Gasteiger partial charge in [-0.25, -0.2) is 4.39 Å². The van der Waals surface area contributed by atoms with E-state index in [0.717, 1.165) is 22.3 Å². The van der Waals surface area contributed by atoms with Gasteiger partial charge in [0.2, 0.25) is 5.91 Å². The van der Waals surface area contributed by atoms with E-state index in [1.54, 1.807) is 13.2 Å². The largest absolute Gasteiger partial charge is 0.493 e. The molecule has 4 aromatic carbocycles. The highest BCUT2D eigenvalue weighted by atomic mass is 19.1. The molecule has 0 spiro atoms. The Labute approximate surface area is 223 Å². The van der Waals surface area contributed by atoms with Crippen LogP contribution in [-0.4, -0.2) is 30.5 Å². The van der Waals surface area contributed by atoms with Crippen molar-refractivity contribution in [1.82, 2.24) is 4.90 Å². The number of methoxy groups -OCH3 is 1. The smallest absolute Gasteiger partial charge is 0.235 e. The number of amides is 1. The minimum atomic E-state index is -0.451. The SMILES string of the molecule is COc1cc(CCN(Cc2ccccc2)C(Cc2ccccc2)C(N)=O)ccc1OCc1cccc(F)c1. The van der Waals surface area contributed by atoms with Crippen LogP contribution in [0.15, 0.2) is 103 Å². The summed E-state index contributed by atoms with van der Waals surface area (Å²) in [5.74, 6) is 0.545. The lowest BCUT2D eigenvalue weighted by atomic mass is 10.0. The number of rotatable bonds is 13. The summed E-state index contributed by atoms with van der Waals surface area (Å²) in [6.07, 6.45) is 1.23. The molecule has 38 heavy (non-hydrogen) atoms. The van der Waals surface area contributed by atoms with Crippen LogP contribution in [0.3, 0.4) is 0 Å². The molecule has 4 aromatic rings. The van der Waals surface area contributed by atoms with Crippen molar-refractivity contribution in [3.63, 3.8) is 0 Å². The Morgan fingerprint density at radius 2 is 1.50 bits per heavy atom. The summed E-state index contributed by atoms with van der Waals surface area (Å²) in [4.78, 5) is 14.8. The monoisotopic (exact) mass is 512 g/mol. The fourth-order valence-electron chi connectivity index (χ4n) is 4.46. The maximum absolute atomic E-state index is 13.5. The second-order valence-corrected chi connectivity index (χ2v) is 9.22. The van der Waals surface area contributed by atoms with Crippen molar-refractivity contribution in [2.75, 3.05) is 13.7 Å². The average molecular weight is 513 g/mol. The molecular formula is C32H33FN2O3. The van der Waals surface area contributed by atoms with E-state index in [1.165, 1.54) is 12.1 Å². The van der Waals surface area contributed by atoms with Crippen molar-refractivity contribution in [2.24, 2.45) is 5.73 Å². The van der Waals surface area contributed by atoms with E-state index >= 15 is 0 Å². The van der Waals surface area contributed by atoms with Gasteiger partial charge in [0.05, 0.1) is 13.2 Å². The fourth-order valence-corrected chi connectivity index (χ4v) is 4.46. The minimum absolute atomic E-state index is 0.234. The van der Waals surface area contributed by atoms with Crippen molar-refractivity contribution >= 4 is 5.91 Å². The van der Waals surface area contributed by atoms with E-state index in [-0.39, 0.29) is 18.3 Å². The third kappa shape index (κ3) is 7.67. The molecule has 0 radical (unpaired) electrons. The van der Waals surface area contributed by atoms with Crippen LogP contribution in [0.1, 0.15) is 22.3 Å².